The predicted molar refractivity (Wildman–Crippen MR) is 96.5 cm³/mol. The first-order valence-electron chi connectivity index (χ1n) is 8.35. The second kappa shape index (κ2) is 7.94. The molecule has 0 aliphatic carbocycles. The topological polar surface area (TPSA) is 62.9 Å². The van der Waals surface area contributed by atoms with Gasteiger partial charge >= 0.3 is 0 Å². The fourth-order valence-corrected chi connectivity index (χ4v) is 2.73. The molecule has 0 aromatic heterocycles. The van der Waals surface area contributed by atoms with Gasteiger partial charge in [0, 0.05) is 6.04 Å². The van der Waals surface area contributed by atoms with E-state index in [2.05, 4.69) is 6.58 Å². The van der Waals surface area contributed by atoms with Gasteiger partial charge in [0.25, 0.3) is 0 Å². The minimum atomic E-state index is -0.149. The van der Waals surface area contributed by atoms with Gasteiger partial charge in [-0.05, 0) is 48.7 Å². The molecule has 2 aromatic rings. The molecule has 1 heterocycles. The van der Waals surface area contributed by atoms with Crippen LogP contribution in [-0.4, -0.2) is 20.0 Å². The molecule has 1 unspecified atom stereocenters. The van der Waals surface area contributed by atoms with Crippen LogP contribution in [0.2, 0.25) is 0 Å². The van der Waals surface area contributed by atoms with Crippen LogP contribution < -0.4 is 24.7 Å². The number of hydrogen-bond donors (Lipinski definition) is 1. The summed E-state index contributed by atoms with van der Waals surface area (Å²) in [5.41, 5.74) is 8.47. The van der Waals surface area contributed by atoms with E-state index in [1.807, 2.05) is 43.3 Å². The van der Waals surface area contributed by atoms with Gasteiger partial charge in [0.05, 0.1) is 6.61 Å². The maximum Gasteiger partial charge on any atom is 0.231 e. The SMILES string of the molecule is C=CCOc1ccc(CC(N)c2ccc3c(c2)OCO3)cc1OCC. The molecule has 0 spiro atoms. The number of hydrogen-bond acceptors (Lipinski definition) is 5. The van der Waals surface area contributed by atoms with Crippen molar-refractivity contribution in [3.63, 3.8) is 0 Å². The molecule has 132 valence electrons. The number of rotatable bonds is 8. The highest BCUT2D eigenvalue weighted by molar-refractivity contribution is 5.46. The average Bonchev–Trinajstić information content (AvgIpc) is 3.09. The van der Waals surface area contributed by atoms with Crippen molar-refractivity contribution in [2.75, 3.05) is 20.0 Å². The summed E-state index contributed by atoms with van der Waals surface area (Å²) in [5, 5.41) is 0. The zero-order valence-electron chi connectivity index (χ0n) is 14.4. The molecule has 0 radical (unpaired) electrons. The smallest absolute Gasteiger partial charge is 0.231 e. The fraction of sp³-hybridized carbons (Fsp3) is 0.300. The monoisotopic (exact) mass is 341 g/mol. The third-order valence-electron chi connectivity index (χ3n) is 3.95. The Morgan fingerprint density at radius 2 is 1.96 bits per heavy atom. The lowest BCUT2D eigenvalue weighted by Gasteiger charge is -2.16. The van der Waals surface area contributed by atoms with Gasteiger partial charge in [-0.1, -0.05) is 24.8 Å². The highest BCUT2D eigenvalue weighted by atomic mass is 16.7. The van der Waals surface area contributed by atoms with Crippen LogP contribution in [-0.2, 0) is 6.42 Å². The van der Waals surface area contributed by atoms with Gasteiger partial charge < -0.3 is 24.7 Å². The summed E-state index contributed by atoms with van der Waals surface area (Å²) in [6.45, 7) is 6.89. The second-order valence-corrected chi connectivity index (χ2v) is 5.74. The van der Waals surface area contributed by atoms with Crippen LogP contribution >= 0.6 is 0 Å². The molecular weight excluding hydrogens is 318 g/mol. The van der Waals surface area contributed by atoms with E-state index >= 15 is 0 Å². The zero-order valence-corrected chi connectivity index (χ0v) is 14.4. The predicted octanol–water partition coefficient (Wildman–Crippen LogP) is 3.62. The number of nitrogens with two attached hydrogens (primary N) is 1. The van der Waals surface area contributed by atoms with Crippen LogP contribution in [0.25, 0.3) is 0 Å². The summed E-state index contributed by atoms with van der Waals surface area (Å²) >= 11 is 0. The summed E-state index contributed by atoms with van der Waals surface area (Å²) in [6, 6.07) is 11.6. The Morgan fingerprint density at radius 1 is 1.12 bits per heavy atom. The highest BCUT2D eigenvalue weighted by Crippen LogP contribution is 2.35. The molecule has 5 heteroatoms. The van der Waals surface area contributed by atoms with Crippen molar-refractivity contribution in [1.29, 1.82) is 0 Å². The van der Waals surface area contributed by atoms with Crippen molar-refractivity contribution in [2.24, 2.45) is 5.73 Å². The fourth-order valence-electron chi connectivity index (χ4n) is 2.73. The standard InChI is InChI=1S/C20H23NO4/c1-3-9-23-17-7-5-14(11-19(17)22-4-2)10-16(21)15-6-8-18-20(12-15)25-13-24-18/h3,5-8,11-12,16H,1,4,9-10,13,21H2,2H3. The molecule has 1 atom stereocenters. The maximum atomic E-state index is 6.38. The van der Waals surface area contributed by atoms with Gasteiger partial charge in [0.1, 0.15) is 6.61 Å². The van der Waals surface area contributed by atoms with Crippen molar-refractivity contribution in [3.8, 4) is 23.0 Å². The molecule has 5 nitrogen and oxygen atoms in total. The Kier molecular flexibility index (Phi) is 5.46. The molecule has 3 rings (SSSR count). The van der Waals surface area contributed by atoms with E-state index in [-0.39, 0.29) is 12.8 Å². The quantitative estimate of drug-likeness (QED) is 0.743. The van der Waals surface area contributed by atoms with Crippen LogP contribution in [0.3, 0.4) is 0 Å². The van der Waals surface area contributed by atoms with E-state index in [1.54, 1.807) is 6.08 Å². The van der Waals surface area contributed by atoms with Crippen molar-refractivity contribution in [2.45, 2.75) is 19.4 Å². The van der Waals surface area contributed by atoms with Gasteiger partial charge in [-0.15, -0.1) is 0 Å². The molecule has 1 aliphatic rings. The highest BCUT2D eigenvalue weighted by Gasteiger charge is 2.17. The Hall–Kier alpha value is -2.66. The molecule has 25 heavy (non-hydrogen) atoms. The van der Waals surface area contributed by atoms with Gasteiger partial charge in [-0.25, -0.2) is 0 Å². The number of benzene rings is 2. The van der Waals surface area contributed by atoms with Crippen LogP contribution in [0.15, 0.2) is 49.1 Å². The average molecular weight is 341 g/mol. The van der Waals surface area contributed by atoms with E-state index in [9.17, 15) is 0 Å². The second-order valence-electron chi connectivity index (χ2n) is 5.74. The third kappa shape index (κ3) is 4.06. The van der Waals surface area contributed by atoms with Crippen molar-refractivity contribution >= 4 is 0 Å². The zero-order chi connectivity index (χ0) is 17.6. The number of fused-ring (bicyclic) bond motifs is 1. The van der Waals surface area contributed by atoms with Crippen LogP contribution in [0, 0.1) is 0 Å². The van der Waals surface area contributed by atoms with E-state index in [0.29, 0.717) is 25.4 Å². The van der Waals surface area contributed by atoms with Crippen LogP contribution in [0.4, 0.5) is 0 Å². The molecule has 2 N–H and O–H groups in total. The summed E-state index contributed by atoms with van der Waals surface area (Å²) in [7, 11) is 0. The van der Waals surface area contributed by atoms with Gasteiger partial charge in [-0.3, -0.25) is 0 Å². The first-order chi connectivity index (χ1) is 12.2. The lowest BCUT2D eigenvalue weighted by atomic mass is 9.99. The minimum Gasteiger partial charge on any atom is -0.490 e. The lowest BCUT2D eigenvalue weighted by Crippen LogP contribution is -2.13. The van der Waals surface area contributed by atoms with Crippen molar-refractivity contribution < 1.29 is 18.9 Å². The Bertz CT molecular complexity index is 744. The largest absolute Gasteiger partial charge is 0.490 e. The Labute approximate surface area is 148 Å². The molecule has 0 amide bonds. The van der Waals surface area contributed by atoms with Gasteiger partial charge in [0.15, 0.2) is 23.0 Å². The van der Waals surface area contributed by atoms with Gasteiger partial charge in [0.2, 0.25) is 6.79 Å². The molecule has 0 saturated heterocycles. The van der Waals surface area contributed by atoms with Gasteiger partial charge in [-0.2, -0.15) is 0 Å². The molecule has 0 saturated carbocycles. The molecule has 2 aromatic carbocycles. The van der Waals surface area contributed by atoms with E-state index in [4.69, 9.17) is 24.7 Å². The van der Waals surface area contributed by atoms with Crippen LogP contribution in [0.5, 0.6) is 23.0 Å². The number of ether oxygens (including phenoxy) is 4. The minimum absolute atomic E-state index is 0.149. The first-order valence-corrected chi connectivity index (χ1v) is 8.35. The van der Waals surface area contributed by atoms with E-state index in [0.717, 1.165) is 28.4 Å². The van der Waals surface area contributed by atoms with Crippen molar-refractivity contribution in [1.82, 2.24) is 0 Å². The lowest BCUT2D eigenvalue weighted by molar-refractivity contribution is 0.174. The Balaban J connectivity index is 1.75. The summed E-state index contributed by atoms with van der Waals surface area (Å²) in [6.07, 6.45) is 2.39. The van der Waals surface area contributed by atoms with Crippen LogP contribution in [0.1, 0.15) is 24.1 Å². The first kappa shape index (κ1) is 17.2. The molecule has 0 fully saturated rings. The van der Waals surface area contributed by atoms with Crippen molar-refractivity contribution in [3.05, 3.63) is 60.2 Å². The molecular formula is C20H23NO4. The molecule has 1 aliphatic heterocycles. The van der Waals surface area contributed by atoms with E-state index < -0.39 is 0 Å². The summed E-state index contributed by atoms with van der Waals surface area (Å²) < 4.78 is 22.1. The maximum absolute atomic E-state index is 6.38. The third-order valence-corrected chi connectivity index (χ3v) is 3.95. The normalized spacial score (nSPS) is 13.4. The molecule has 0 bridgehead atoms. The summed E-state index contributed by atoms with van der Waals surface area (Å²) in [4.78, 5) is 0. The Morgan fingerprint density at radius 3 is 2.76 bits per heavy atom. The summed E-state index contributed by atoms with van der Waals surface area (Å²) in [5.74, 6) is 2.94. The van der Waals surface area contributed by atoms with E-state index in [1.165, 1.54) is 0 Å².